The molecule has 2 aliphatic rings. The fourth-order valence-corrected chi connectivity index (χ4v) is 5.35. The maximum atomic E-state index is 14.1. The predicted molar refractivity (Wildman–Crippen MR) is 151 cm³/mol. The van der Waals surface area contributed by atoms with Crippen molar-refractivity contribution in [3.63, 3.8) is 0 Å². The number of nitrogens with one attached hydrogen (secondary N) is 1. The molecule has 1 saturated heterocycles. The van der Waals surface area contributed by atoms with Gasteiger partial charge in [-0.05, 0) is 38.1 Å². The summed E-state index contributed by atoms with van der Waals surface area (Å²) in [6.45, 7) is 10.7. The summed E-state index contributed by atoms with van der Waals surface area (Å²) in [5, 5.41) is 6.03. The Bertz CT molecular complexity index is 1310. The van der Waals surface area contributed by atoms with Gasteiger partial charge in [0.2, 0.25) is 0 Å². The highest BCUT2D eigenvalue weighted by molar-refractivity contribution is 6.18. The highest BCUT2D eigenvalue weighted by Crippen LogP contribution is 2.44. The van der Waals surface area contributed by atoms with Gasteiger partial charge in [0, 0.05) is 61.9 Å². The van der Waals surface area contributed by atoms with Crippen molar-refractivity contribution < 1.29 is 41.7 Å². The number of benzene rings is 1. The second-order valence-corrected chi connectivity index (χ2v) is 11.4. The summed E-state index contributed by atoms with van der Waals surface area (Å²) in [7, 11) is 1.46. The number of carbonyl (C=O) groups excluding carboxylic acids is 2. The standard InChI is InChI=1S/C30H39F3N4O6/c1-19(2)43-28(39)23-22(10-14-40-5)37(18-29(3,4)24-25(23)34-35-26(24)30(31,32)33)27(38)20-6-8-21(9-7-20)42-17-13-36-11-15-41-16-12-36/h6-9,19H,10-18H2,1-5H3,(H,34,35). The van der Waals surface area contributed by atoms with Gasteiger partial charge in [0.1, 0.15) is 17.9 Å². The molecule has 2 aromatic rings. The number of halogens is 3. The highest BCUT2D eigenvalue weighted by Gasteiger charge is 2.48. The normalized spacial score (nSPS) is 17.6. The number of aromatic nitrogens is 2. The van der Waals surface area contributed by atoms with Crippen LogP contribution in [0.25, 0.3) is 5.57 Å². The van der Waals surface area contributed by atoms with Gasteiger partial charge in [-0.3, -0.25) is 14.8 Å². The lowest BCUT2D eigenvalue weighted by molar-refractivity contribution is -0.142. The molecule has 0 unspecified atom stereocenters. The van der Waals surface area contributed by atoms with E-state index in [1.807, 2.05) is 0 Å². The number of fused-ring (bicyclic) bond motifs is 1. The van der Waals surface area contributed by atoms with Gasteiger partial charge in [0.25, 0.3) is 5.91 Å². The van der Waals surface area contributed by atoms with E-state index < -0.39 is 35.3 Å². The Morgan fingerprint density at radius 2 is 1.79 bits per heavy atom. The van der Waals surface area contributed by atoms with E-state index in [-0.39, 0.29) is 47.7 Å². The van der Waals surface area contributed by atoms with Gasteiger partial charge in [0.05, 0.1) is 31.6 Å². The van der Waals surface area contributed by atoms with Crippen LogP contribution < -0.4 is 4.74 Å². The second kappa shape index (κ2) is 13.5. The first kappa shape index (κ1) is 32.5. The van der Waals surface area contributed by atoms with Crippen molar-refractivity contribution in [3.05, 3.63) is 52.5 Å². The molecule has 1 fully saturated rings. The predicted octanol–water partition coefficient (Wildman–Crippen LogP) is 4.27. The van der Waals surface area contributed by atoms with E-state index in [4.69, 9.17) is 18.9 Å². The average Bonchev–Trinajstić information content (AvgIpc) is 3.37. The van der Waals surface area contributed by atoms with Crippen molar-refractivity contribution in [2.75, 3.05) is 59.7 Å². The molecule has 0 atom stereocenters. The van der Waals surface area contributed by atoms with Crippen molar-refractivity contribution in [1.29, 1.82) is 0 Å². The van der Waals surface area contributed by atoms with Crippen molar-refractivity contribution in [1.82, 2.24) is 20.0 Å². The Labute approximate surface area is 249 Å². The molecule has 236 valence electrons. The molecule has 0 bridgehead atoms. The summed E-state index contributed by atoms with van der Waals surface area (Å²) in [4.78, 5) is 31.2. The molecule has 1 aromatic carbocycles. The number of amides is 1. The van der Waals surface area contributed by atoms with Crippen LogP contribution in [-0.4, -0.2) is 97.7 Å². The molecule has 43 heavy (non-hydrogen) atoms. The van der Waals surface area contributed by atoms with Crippen LogP contribution >= 0.6 is 0 Å². The molecule has 13 heteroatoms. The van der Waals surface area contributed by atoms with Crippen LogP contribution in [0.15, 0.2) is 30.0 Å². The molecule has 0 saturated carbocycles. The van der Waals surface area contributed by atoms with E-state index in [9.17, 15) is 22.8 Å². The van der Waals surface area contributed by atoms with Gasteiger partial charge in [0.15, 0.2) is 5.69 Å². The second-order valence-electron chi connectivity index (χ2n) is 11.4. The molecule has 1 N–H and O–H groups in total. The lowest BCUT2D eigenvalue weighted by Gasteiger charge is -2.33. The number of rotatable bonds is 10. The molecule has 0 spiro atoms. The highest BCUT2D eigenvalue weighted by atomic mass is 19.4. The van der Waals surface area contributed by atoms with Gasteiger partial charge >= 0.3 is 12.1 Å². The third-order valence-electron chi connectivity index (χ3n) is 7.35. The number of aromatic amines is 1. The van der Waals surface area contributed by atoms with Gasteiger partial charge in [-0.25, -0.2) is 4.79 Å². The Morgan fingerprint density at radius 1 is 1.12 bits per heavy atom. The molecule has 4 rings (SSSR count). The Balaban J connectivity index is 1.70. The maximum absolute atomic E-state index is 14.1. The monoisotopic (exact) mass is 608 g/mol. The number of hydrogen-bond donors (Lipinski definition) is 1. The SMILES string of the molecule is COCCC1=C(C(=O)OC(C)C)c2[nH]nc(C(F)(F)F)c2C(C)(C)CN1C(=O)c1ccc(OCCN2CCOCC2)cc1. The van der Waals surface area contributed by atoms with Crippen LogP contribution in [0.3, 0.4) is 0 Å². The Morgan fingerprint density at radius 3 is 2.40 bits per heavy atom. The van der Waals surface area contributed by atoms with E-state index in [2.05, 4.69) is 15.1 Å². The van der Waals surface area contributed by atoms with Gasteiger partial charge in [-0.2, -0.15) is 18.3 Å². The number of esters is 1. The fourth-order valence-electron chi connectivity index (χ4n) is 5.35. The minimum Gasteiger partial charge on any atom is -0.492 e. The summed E-state index contributed by atoms with van der Waals surface area (Å²) >= 11 is 0. The molecule has 1 aromatic heterocycles. The Hall–Kier alpha value is -3.42. The molecule has 1 amide bonds. The quantitative estimate of drug-likeness (QED) is 0.399. The number of morpholine rings is 1. The molecule has 0 aliphatic carbocycles. The summed E-state index contributed by atoms with van der Waals surface area (Å²) in [5.41, 5.74) is -2.43. The van der Waals surface area contributed by atoms with E-state index in [1.165, 1.54) is 12.0 Å². The smallest absolute Gasteiger partial charge is 0.435 e. The van der Waals surface area contributed by atoms with Crippen LogP contribution in [0.1, 0.15) is 61.4 Å². The molecule has 2 aliphatic heterocycles. The van der Waals surface area contributed by atoms with Crippen molar-refractivity contribution in [2.24, 2.45) is 0 Å². The summed E-state index contributed by atoms with van der Waals surface area (Å²) < 4.78 is 64.4. The number of alkyl halides is 3. The minimum atomic E-state index is -4.79. The zero-order valence-corrected chi connectivity index (χ0v) is 25.2. The van der Waals surface area contributed by atoms with Gasteiger partial charge in [-0.15, -0.1) is 0 Å². The number of methoxy groups -OCH3 is 1. The number of H-pyrrole nitrogens is 1. The lowest BCUT2D eigenvalue weighted by Crippen LogP contribution is -2.40. The van der Waals surface area contributed by atoms with Crippen LogP contribution in [0.2, 0.25) is 0 Å². The molecule has 3 heterocycles. The van der Waals surface area contributed by atoms with Crippen molar-refractivity contribution in [3.8, 4) is 5.75 Å². The third-order valence-corrected chi connectivity index (χ3v) is 7.35. The van der Waals surface area contributed by atoms with Gasteiger partial charge < -0.3 is 23.8 Å². The average molecular weight is 609 g/mol. The van der Waals surface area contributed by atoms with E-state index in [0.717, 1.165) is 19.6 Å². The maximum Gasteiger partial charge on any atom is 0.435 e. The first-order valence-corrected chi connectivity index (χ1v) is 14.3. The van der Waals surface area contributed by atoms with Crippen LogP contribution in [0.4, 0.5) is 13.2 Å². The summed E-state index contributed by atoms with van der Waals surface area (Å²) in [6.07, 6.45) is -5.30. The Kier molecular flexibility index (Phi) is 10.2. The largest absolute Gasteiger partial charge is 0.492 e. The zero-order valence-electron chi connectivity index (χ0n) is 25.2. The number of ether oxygens (including phenoxy) is 4. The van der Waals surface area contributed by atoms with Crippen LogP contribution in [0.5, 0.6) is 5.75 Å². The van der Waals surface area contributed by atoms with Crippen LogP contribution in [-0.2, 0) is 30.6 Å². The molecule has 10 nitrogen and oxygen atoms in total. The third kappa shape index (κ3) is 7.57. The zero-order chi connectivity index (χ0) is 31.4. The van der Waals surface area contributed by atoms with Crippen molar-refractivity contribution >= 4 is 17.4 Å². The first-order valence-electron chi connectivity index (χ1n) is 14.3. The number of nitrogens with zero attached hydrogens (tertiary/aromatic N) is 3. The first-order chi connectivity index (χ1) is 20.3. The van der Waals surface area contributed by atoms with Gasteiger partial charge in [-0.1, -0.05) is 13.8 Å². The van der Waals surface area contributed by atoms with E-state index in [0.29, 0.717) is 25.6 Å². The lowest BCUT2D eigenvalue weighted by atomic mass is 9.81. The topological polar surface area (TPSA) is 106 Å². The molecular weight excluding hydrogens is 569 g/mol. The molecular formula is C30H39F3N4O6. The number of hydrogen-bond acceptors (Lipinski definition) is 8. The fraction of sp³-hybridized carbons (Fsp3) is 0.567. The molecule has 0 radical (unpaired) electrons. The summed E-state index contributed by atoms with van der Waals surface area (Å²) in [6, 6.07) is 6.56. The minimum absolute atomic E-state index is 0.0589. The van der Waals surface area contributed by atoms with Crippen molar-refractivity contribution in [2.45, 2.75) is 51.8 Å². The van der Waals surface area contributed by atoms with Crippen LogP contribution in [0, 0.1) is 0 Å². The van der Waals surface area contributed by atoms with E-state index >= 15 is 0 Å². The van der Waals surface area contributed by atoms with E-state index in [1.54, 1.807) is 52.0 Å². The summed E-state index contributed by atoms with van der Waals surface area (Å²) in [5.74, 6) is -0.770. The number of carbonyl (C=O) groups is 2.